The van der Waals surface area contributed by atoms with Crippen LogP contribution in [0.25, 0.3) is 0 Å². The molecular formula is C14H18O3. The van der Waals surface area contributed by atoms with Crippen LogP contribution in [0.2, 0.25) is 0 Å². The highest BCUT2D eigenvalue weighted by atomic mass is 16.5. The maximum absolute atomic E-state index is 10.9. The van der Waals surface area contributed by atoms with Crippen molar-refractivity contribution < 1.29 is 14.6 Å². The van der Waals surface area contributed by atoms with Crippen LogP contribution in [0.4, 0.5) is 0 Å². The Hall–Kier alpha value is -1.51. The van der Waals surface area contributed by atoms with Crippen LogP contribution in [0.3, 0.4) is 0 Å². The average molecular weight is 234 g/mol. The van der Waals surface area contributed by atoms with E-state index in [-0.39, 0.29) is 17.9 Å². The third-order valence-corrected chi connectivity index (χ3v) is 3.28. The summed E-state index contributed by atoms with van der Waals surface area (Å²) >= 11 is 0. The molecule has 0 aromatic heterocycles. The van der Waals surface area contributed by atoms with E-state index in [0.29, 0.717) is 0 Å². The molecule has 0 aliphatic carbocycles. The smallest absolute Gasteiger partial charge is 0.304 e. The normalized spacial score (nSPS) is 18.6. The first-order valence-corrected chi connectivity index (χ1v) is 5.91. The molecule has 1 heterocycles. The number of hydrogen-bond donors (Lipinski definition) is 1. The van der Waals surface area contributed by atoms with E-state index in [1.165, 1.54) is 5.56 Å². The molecule has 0 radical (unpaired) electrons. The van der Waals surface area contributed by atoms with Crippen molar-refractivity contribution in [3.63, 3.8) is 0 Å². The first-order chi connectivity index (χ1) is 7.90. The Balaban J connectivity index is 2.40. The third-order valence-electron chi connectivity index (χ3n) is 3.28. The van der Waals surface area contributed by atoms with Gasteiger partial charge in [-0.05, 0) is 18.6 Å². The van der Waals surface area contributed by atoms with Gasteiger partial charge in [0, 0.05) is 17.4 Å². The number of fused-ring (bicyclic) bond motifs is 1. The molecule has 17 heavy (non-hydrogen) atoms. The quantitative estimate of drug-likeness (QED) is 0.874. The topological polar surface area (TPSA) is 46.5 Å². The van der Waals surface area contributed by atoms with Gasteiger partial charge in [0.15, 0.2) is 0 Å². The molecule has 0 amide bonds. The van der Waals surface area contributed by atoms with E-state index in [9.17, 15) is 4.79 Å². The van der Waals surface area contributed by atoms with Gasteiger partial charge in [0.2, 0.25) is 0 Å². The van der Waals surface area contributed by atoms with Gasteiger partial charge in [-0.25, -0.2) is 0 Å². The maximum Gasteiger partial charge on any atom is 0.304 e. The summed E-state index contributed by atoms with van der Waals surface area (Å²) in [5, 5.41) is 8.98. The van der Waals surface area contributed by atoms with E-state index in [4.69, 9.17) is 9.84 Å². The van der Waals surface area contributed by atoms with Crippen LogP contribution < -0.4 is 4.74 Å². The summed E-state index contributed by atoms with van der Waals surface area (Å²) in [7, 11) is 0. The fourth-order valence-electron chi connectivity index (χ4n) is 2.54. The van der Waals surface area contributed by atoms with Crippen molar-refractivity contribution >= 4 is 5.97 Å². The van der Waals surface area contributed by atoms with Gasteiger partial charge in [-0.15, -0.1) is 0 Å². The van der Waals surface area contributed by atoms with Crippen LogP contribution in [-0.4, -0.2) is 17.2 Å². The second-order valence-corrected chi connectivity index (χ2v) is 5.37. The Morgan fingerprint density at radius 1 is 1.53 bits per heavy atom. The van der Waals surface area contributed by atoms with Crippen LogP contribution in [0.1, 0.15) is 38.3 Å². The van der Waals surface area contributed by atoms with Gasteiger partial charge in [-0.3, -0.25) is 4.79 Å². The number of rotatable bonds is 3. The highest BCUT2D eigenvalue weighted by molar-refractivity contribution is 5.69. The Morgan fingerprint density at radius 2 is 2.24 bits per heavy atom. The minimum absolute atomic E-state index is 0.137. The van der Waals surface area contributed by atoms with Crippen LogP contribution in [0, 0.1) is 0 Å². The lowest BCUT2D eigenvalue weighted by Crippen LogP contribution is -2.23. The minimum atomic E-state index is -0.764. The summed E-state index contributed by atoms with van der Waals surface area (Å²) in [5.74, 6) is 0.146. The molecule has 0 saturated heterocycles. The van der Waals surface area contributed by atoms with Crippen molar-refractivity contribution in [2.24, 2.45) is 0 Å². The molecule has 0 bridgehead atoms. The first-order valence-electron chi connectivity index (χ1n) is 5.91. The van der Waals surface area contributed by atoms with Gasteiger partial charge in [-0.2, -0.15) is 0 Å². The van der Waals surface area contributed by atoms with Gasteiger partial charge in [-0.1, -0.05) is 26.0 Å². The number of hydrogen-bond acceptors (Lipinski definition) is 2. The lowest BCUT2D eigenvalue weighted by molar-refractivity contribution is -0.138. The van der Waals surface area contributed by atoms with Gasteiger partial charge >= 0.3 is 5.97 Å². The molecule has 3 heteroatoms. The fraction of sp³-hybridized carbons (Fsp3) is 0.500. The standard InChI is InChI=1S/C14H18O3/c1-9-7-10-11(5-4-6-12(10)17-9)14(2,3)8-13(15)16/h4-6,9H,7-8H2,1-3H3,(H,15,16). The Kier molecular flexibility index (Phi) is 2.86. The molecule has 1 aliphatic heterocycles. The molecule has 1 aromatic rings. The van der Waals surface area contributed by atoms with Crippen molar-refractivity contribution in [1.29, 1.82) is 0 Å². The number of aliphatic carboxylic acids is 1. The van der Waals surface area contributed by atoms with Gasteiger partial charge < -0.3 is 9.84 Å². The fourth-order valence-corrected chi connectivity index (χ4v) is 2.54. The molecule has 0 fully saturated rings. The van der Waals surface area contributed by atoms with E-state index < -0.39 is 5.97 Å². The predicted molar refractivity (Wildman–Crippen MR) is 65.5 cm³/mol. The van der Waals surface area contributed by atoms with Crippen molar-refractivity contribution in [3.8, 4) is 5.75 Å². The summed E-state index contributed by atoms with van der Waals surface area (Å²) in [5.41, 5.74) is 1.91. The average Bonchev–Trinajstić information content (AvgIpc) is 2.54. The summed E-state index contributed by atoms with van der Waals surface area (Å²) in [6.07, 6.45) is 1.19. The summed E-state index contributed by atoms with van der Waals surface area (Å²) < 4.78 is 5.70. The summed E-state index contributed by atoms with van der Waals surface area (Å²) in [6, 6.07) is 5.91. The van der Waals surface area contributed by atoms with E-state index in [2.05, 4.69) is 0 Å². The van der Waals surface area contributed by atoms with Crippen molar-refractivity contribution in [2.75, 3.05) is 0 Å². The van der Waals surface area contributed by atoms with Crippen molar-refractivity contribution in [3.05, 3.63) is 29.3 Å². The lowest BCUT2D eigenvalue weighted by Gasteiger charge is -2.25. The maximum atomic E-state index is 10.9. The van der Waals surface area contributed by atoms with E-state index >= 15 is 0 Å². The Morgan fingerprint density at radius 3 is 2.88 bits per heavy atom. The van der Waals surface area contributed by atoms with Gasteiger partial charge in [0.05, 0.1) is 6.42 Å². The number of carboxylic acid groups (broad SMARTS) is 1. The number of ether oxygens (including phenoxy) is 1. The first kappa shape index (κ1) is 12.0. The molecule has 3 nitrogen and oxygen atoms in total. The minimum Gasteiger partial charge on any atom is -0.490 e. The van der Waals surface area contributed by atoms with Crippen molar-refractivity contribution in [2.45, 2.75) is 45.1 Å². The largest absolute Gasteiger partial charge is 0.490 e. The molecular weight excluding hydrogens is 216 g/mol. The molecule has 1 N–H and O–H groups in total. The molecule has 1 aromatic carbocycles. The number of benzene rings is 1. The molecule has 2 rings (SSSR count). The molecule has 92 valence electrons. The Bertz CT molecular complexity index is 449. The zero-order chi connectivity index (χ0) is 12.6. The molecule has 0 spiro atoms. The number of carboxylic acids is 1. The SMILES string of the molecule is CC1Cc2c(cccc2C(C)(C)CC(=O)O)O1. The van der Waals surface area contributed by atoms with E-state index in [0.717, 1.165) is 17.7 Å². The third kappa shape index (κ3) is 2.28. The van der Waals surface area contributed by atoms with Gasteiger partial charge in [0.1, 0.15) is 11.9 Å². The second-order valence-electron chi connectivity index (χ2n) is 5.37. The highest BCUT2D eigenvalue weighted by Crippen LogP contribution is 2.38. The molecule has 1 aliphatic rings. The van der Waals surface area contributed by atoms with E-state index in [1.807, 2.05) is 39.0 Å². The molecule has 0 saturated carbocycles. The van der Waals surface area contributed by atoms with Crippen LogP contribution in [-0.2, 0) is 16.6 Å². The Labute approximate surface area is 101 Å². The summed E-state index contributed by atoms with van der Waals surface area (Å²) in [6.45, 7) is 5.98. The van der Waals surface area contributed by atoms with Gasteiger partial charge in [0.25, 0.3) is 0 Å². The molecule has 1 unspecified atom stereocenters. The second kappa shape index (κ2) is 4.06. The lowest BCUT2D eigenvalue weighted by atomic mass is 9.78. The van der Waals surface area contributed by atoms with Crippen LogP contribution >= 0.6 is 0 Å². The monoisotopic (exact) mass is 234 g/mol. The summed E-state index contributed by atoms with van der Waals surface area (Å²) in [4.78, 5) is 10.9. The molecule has 1 atom stereocenters. The van der Waals surface area contributed by atoms with Crippen LogP contribution in [0.5, 0.6) is 5.75 Å². The van der Waals surface area contributed by atoms with Crippen molar-refractivity contribution in [1.82, 2.24) is 0 Å². The number of carbonyl (C=O) groups is 1. The van der Waals surface area contributed by atoms with Crippen LogP contribution in [0.15, 0.2) is 18.2 Å². The highest BCUT2D eigenvalue weighted by Gasteiger charge is 2.31. The zero-order valence-electron chi connectivity index (χ0n) is 10.5. The zero-order valence-corrected chi connectivity index (χ0v) is 10.5. The van der Waals surface area contributed by atoms with E-state index in [1.54, 1.807) is 0 Å². The predicted octanol–water partition coefficient (Wildman–Crippen LogP) is 2.76.